The molecule has 9 nitrogen and oxygen atoms in total. The first-order chi connectivity index (χ1) is 13.0. The van der Waals surface area contributed by atoms with Gasteiger partial charge in [0.2, 0.25) is 0 Å². The summed E-state index contributed by atoms with van der Waals surface area (Å²) in [5.41, 5.74) is 2.37. The van der Waals surface area contributed by atoms with Crippen LogP contribution < -0.4 is 4.90 Å². The third-order valence-corrected chi connectivity index (χ3v) is 4.84. The summed E-state index contributed by atoms with van der Waals surface area (Å²) in [6.07, 6.45) is 0. The number of halogens is 1. The summed E-state index contributed by atoms with van der Waals surface area (Å²) in [6, 6.07) is 9.81. The molecule has 0 radical (unpaired) electrons. The van der Waals surface area contributed by atoms with Crippen LogP contribution in [0.25, 0.3) is 11.0 Å². The summed E-state index contributed by atoms with van der Waals surface area (Å²) in [4.78, 5) is 27.3. The summed E-state index contributed by atoms with van der Waals surface area (Å²) < 4.78 is 0. The molecule has 10 heteroatoms. The Kier molecular flexibility index (Phi) is 4.36. The quantitative estimate of drug-likeness (QED) is 0.547. The number of aromatic amines is 1. The molecule has 1 aromatic heterocycles. The molecule has 1 aliphatic rings. The van der Waals surface area contributed by atoms with Gasteiger partial charge in [0.15, 0.2) is 0 Å². The summed E-state index contributed by atoms with van der Waals surface area (Å²) >= 11 is 5.88. The van der Waals surface area contributed by atoms with Gasteiger partial charge in [-0.3, -0.25) is 14.9 Å². The molecular formula is C17H15ClN6O3. The molecule has 2 aromatic carbocycles. The molecular weight excluding hydrogens is 372 g/mol. The molecule has 0 saturated carbocycles. The number of hydrogen-bond donors (Lipinski definition) is 1. The van der Waals surface area contributed by atoms with Gasteiger partial charge in [0.1, 0.15) is 16.7 Å². The first-order valence-electron chi connectivity index (χ1n) is 8.31. The zero-order valence-electron chi connectivity index (χ0n) is 14.1. The summed E-state index contributed by atoms with van der Waals surface area (Å²) in [5, 5.41) is 22.1. The average Bonchev–Trinajstić information content (AvgIpc) is 3.15. The lowest BCUT2D eigenvalue weighted by Crippen LogP contribution is -2.49. The van der Waals surface area contributed by atoms with Crippen LogP contribution in [0.2, 0.25) is 5.02 Å². The number of benzene rings is 2. The van der Waals surface area contributed by atoms with Gasteiger partial charge in [-0.15, -0.1) is 0 Å². The Balaban J connectivity index is 1.49. The van der Waals surface area contributed by atoms with Crippen LogP contribution in [0.1, 0.15) is 10.4 Å². The number of rotatable bonds is 3. The molecule has 1 N–H and O–H groups in total. The summed E-state index contributed by atoms with van der Waals surface area (Å²) in [5.74, 6) is -0.0924. The number of aromatic nitrogens is 3. The standard InChI is InChI=1S/C17H15ClN6O3/c18-12-2-4-15(16(10-12)24(26)27)22-5-7-23(8-6-22)17(25)11-1-3-13-14(9-11)20-21-19-13/h1-4,9-10H,5-8H2,(H,19,20,21). The fourth-order valence-corrected chi connectivity index (χ4v) is 3.38. The summed E-state index contributed by atoms with van der Waals surface area (Å²) in [6.45, 7) is 1.94. The van der Waals surface area contributed by atoms with Crippen LogP contribution >= 0.6 is 11.6 Å². The van der Waals surface area contributed by atoms with Crippen molar-refractivity contribution >= 4 is 39.9 Å². The third-order valence-electron chi connectivity index (χ3n) is 4.60. The molecule has 3 aromatic rings. The van der Waals surface area contributed by atoms with Gasteiger partial charge in [-0.05, 0) is 30.3 Å². The van der Waals surface area contributed by atoms with Crippen LogP contribution in [-0.2, 0) is 0 Å². The first-order valence-corrected chi connectivity index (χ1v) is 8.69. The van der Waals surface area contributed by atoms with E-state index < -0.39 is 4.92 Å². The fourth-order valence-electron chi connectivity index (χ4n) is 3.22. The lowest BCUT2D eigenvalue weighted by Gasteiger charge is -2.35. The van der Waals surface area contributed by atoms with Crippen LogP contribution in [0, 0.1) is 10.1 Å². The van der Waals surface area contributed by atoms with E-state index in [1.807, 2.05) is 4.90 Å². The van der Waals surface area contributed by atoms with Crippen LogP contribution in [0.5, 0.6) is 0 Å². The highest BCUT2D eigenvalue weighted by molar-refractivity contribution is 6.30. The smallest absolute Gasteiger partial charge is 0.294 e. The number of amides is 1. The Labute approximate surface area is 158 Å². The number of carbonyl (C=O) groups excluding carboxylic acids is 1. The maximum atomic E-state index is 12.8. The molecule has 0 spiro atoms. The van der Waals surface area contributed by atoms with Crippen LogP contribution in [0.4, 0.5) is 11.4 Å². The van der Waals surface area contributed by atoms with Gasteiger partial charge >= 0.3 is 0 Å². The number of nitro benzene ring substituents is 1. The van der Waals surface area contributed by atoms with Gasteiger partial charge in [-0.25, -0.2) is 0 Å². The molecule has 4 rings (SSSR count). The number of fused-ring (bicyclic) bond motifs is 1. The van der Waals surface area contributed by atoms with E-state index in [0.29, 0.717) is 53.5 Å². The second kappa shape index (κ2) is 6.84. The van der Waals surface area contributed by atoms with E-state index in [1.54, 1.807) is 35.2 Å². The van der Waals surface area contributed by atoms with Crippen LogP contribution in [0.15, 0.2) is 36.4 Å². The molecule has 0 bridgehead atoms. The highest BCUT2D eigenvalue weighted by atomic mass is 35.5. The van der Waals surface area contributed by atoms with Crippen molar-refractivity contribution in [2.24, 2.45) is 0 Å². The number of hydrogen-bond acceptors (Lipinski definition) is 6. The maximum absolute atomic E-state index is 12.8. The first kappa shape index (κ1) is 17.2. The summed E-state index contributed by atoms with van der Waals surface area (Å²) in [7, 11) is 0. The van der Waals surface area contributed by atoms with E-state index in [1.165, 1.54) is 6.07 Å². The Hall–Kier alpha value is -3.20. The number of nitro groups is 1. The van der Waals surface area contributed by atoms with Gasteiger partial charge in [0.25, 0.3) is 11.6 Å². The van der Waals surface area contributed by atoms with E-state index >= 15 is 0 Å². The molecule has 1 saturated heterocycles. The largest absolute Gasteiger partial charge is 0.362 e. The van der Waals surface area contributed by atoms with Gasteiger partial charge in [-0.1, -0.05) is 11.6 Å². The van der Waals surface area contributed by atoms with Crippen molar-refractivity contribution < 1.29 is 9.72 Å². The topological polar surface area (TPSA) is 108 Å². The molecule has 138 valence electrons. The lowest BCUT2D eigenvalue weighted by molar-refractivity contribution is -0.384. The maximum Gasteiger partial charge on any atom is 0.294 e. The minimum absolute atomic E-state index is 0.0289. The molecule has 1 fully saturated rings. The fraction of sp³-hybridized carbons (Fsp3) is 0.235. The highest BCUT2D eigenvalue weighted by Crippen LogP contribution is 2.31. The second-order valence-electron chi connectivity index (χ2n) is 6.20. The number of H-pyrrole nitrogens is 1. The van der Waals surface area contributed by atoms with Gasteiger partial charge in [0.05, 0.1) is 4.92 Å². The van der Waals surface area contributed by atoms with Crippen molar-refractivity contribution in [1.82, 2.24) is 20.3 Å². The van der Waals surface area contributed by atoms with Crippen LogP contribution in [-0.4, -0.2) is 57.3 Å². The van der Waals surface area contributed by atoms with Gasteiger partial charge < -0.3 is 9.80 Å². The predicted octanol–water partition coefficient (Wildman–Crippen LogP) is 2.48. The minimum Gasteiger partial charge on any atom is -0.362 e. The Morgan fingerprint density at radius 3 is 2.56 bits per heavy atom. The molecule has 27 heavy (non-hydrogen) atoms. The van der Waals surface area contributed by atoms with Crippen molar-refractivity contribution in [1.29, 1.82) is 0 Å². The van der Waals surface area contributed by atoms with Crippen LogP contribution in [0.3, 0.4) is 0 Å². The number of carbonyl (C=O) groups is 1. The van der Waals surface area contributed by atoms with Crippen molar-refractivity contribution in [2.75, 3.05) is 31.1 Å². The SMILES string of the molecule is O=C(c1ccc2n[nH]nc2c1)N1CCN(c2ccc(Cl)cc2[N+](=O)[O-])CC1. The Bertz CT molecular complexity index is 1030. The predicted molar refractivity (Wildman–Crippen MR) is 100 cm³/mol. The van der Waals surface area contributed by atoms with E-state index in [9.17, 15) is 14.9 Å². The van der Waals surface area contributed by atoms with Gasteiger partial charge in [-0.2, -0.15) is 15.4 Å². The van der Waals surface area contributed by atoms with E-state index in [4.69, 9.17) is 11.6 Å². The van der Waals surface area contributed by atoms with E-state index in [2.05, 4.69) is 15.4 Å². The lowest BCUT2D eigenvalue weighted by atomic mass is 10.1. The van der Waals surface area contributed by atoms with Gasteiger partial charge in [0, 0.05) is 42.8 Å². The van der Waals surface area contributed by atoms with Crippen molar-refractivity contribution in [3.8, 4) is 0 Å². The Morgan fingerprint density at radius 2 is 1.81 bits per heavy atom. The van der Waals surface area contributed by atoms with Crippen molar-refractivity contribution in [3.05, 3.63) is 57.1 Å². The number of anilines is 1. The Morgan fingerprint density at radius 1 is 1.07 bits per heavy atom. The monoisotopic (exact) mass is 386 g/mol. The second-order valence-corrected chi connectivity index (χ2v) is 6.63. The molecule has 2 heterocycles. The normalized spacial score (nSPS) is 14.6. The molecule has 0 aliphatic carbocycles. The van der Waals surface area contributed by atoms with E-state index in [0.717, 1.165) is 0 Å². The molecule has 1 aliphatic heterocycles. The average molecular weight is 387 g/mol. The minimum atomic E-state index is -0.439. The highest BCUT2D eigenvalue weighted by Gasteiger charge is 2.26. The van der Waals surface area contributed by atoms with Crippen molar-refractivity contribution in [2.45, 2.75) is 0 Å². The van der Waals surface area contributed by atoms with Crippen molar-refractivity contribution in [3.63, 3.8) is 0 Å². The number of nitrogens with one attached hydrogen (secondary N) is 1. The zero-order chi connectivity index (χ0) is 19.0. The number of piperazine rings is 1. The molecule has 0 unspecified atom stereocenters. The molecule has 0 atom stereocenters. The zero-order valence-corrected chi connectivity index (χ0v) is 14.9. The van der Waals surface area contributed by atoms with E-state index in [-0.39, 0.29) is 11.6 Å². The number of nitrogens with zero attached hydrogens (tertiary/aromatic N) is 5. The molecule has 1 amide bonds. The third kappa shape index (κ3) is 3.28.